The molecule has 0 bridgehead atoms. The highest BCUT2D eigenvalue weighted by molar-refractivity contribution is 6.05. The second-order valence-electron chi connectivity index (χ2n) is 6.51. The van der Waals surface area contributed by atoms with Crippen LogP contribution in [0.2, 0.25) is 0 Å². The second kappa shape index (κ2) is 8.79. The summed E-state index contributed by atoms with van der Waals surface area (Å²) in [5.74, 6) is -0.630. The average molecular weight is 368 g/mol. The number of amides is 1. The Morgan fingerprint density at radius 3 is 2.48 bits per heavy atom. The van der Waals surface area contributed by atoms with Gasteiger partial charge in [0.1, 0.15) is 0 Å². The van der Waals surface area contributed by atoms with E-state index in [1.165, 1.54) is 7.11 Å². The Bertz CT molecular complexity index is 811. The van der Waals surface area contributed by atoms with Gasteiger partial charge in [-0.1, -0.05) is 18.2 Å². The number of nitrogens with zero attached hydrogens (tertiary/aromatic N) is 1. The number of benzene rings is 2. The molecule has 0 atom stereocenters. The molecule has 0 unspecified atom stereocenters. The molecule has 6 heteroatoms. The molecule has 2 aromatic rings. The quantitative estimate of drug-likeness (QED) is 0.822. The Balaban J connectivity index is 1.67. The molecule has 1 aliphatic heterocycles. The third-order valence-electron chi connectivity index (χ3n) is 4.71. The van der Waals surface area contributed by atoms with Crippen molar-refractivity contribution in [1.82, 2.24) is 4.90 Å². The largest absolute Gasteiger partial charge is 0.465 e. The Morgan fingerprint density at radius 1 is 1.11 bits per heavy atom. The molecule has 1 aliphatic rings. The lowest BCUT2D eigenvalue weighted by atomic mass is 10.1. The molecule has 1 fully saturated rings. The molecule has 1 amide bonds. The number of ether oxygens (including phenoxy) is 2. The van der Waals surface area contributed by atoms with Gasteiger partial charge in [0.05, 0.1) is 25.9 Å². The summed E-state index contributed by atoms with van der Waals surface area (Å²) >= 11 is 0. The third-order valence-corrected chi connectivity index (χ3v) is 4.71. The second-order valence-corrected chi connectivity index (χ2v) is 6.51. The van der Waals surface area contributed by atoms with Crippen LogP contribution in [0.5, 0.6) is 0 Å². The van der Waals surface area contributed by atoms with E-state index < -0.39 is 5.97 Å². The van der Waals surface area contributed by atoms with E-state index in [-0.39, 0.29) is 5.91 Å². The molecular weight excluding hydrogens is 344 g/mol. The number of morpholine rings is 1. The zero-order valence-electron chi connectivity index (χ0n) is 15.7. The molecule has 2 aromatic carbocycles. The van der Waals surface area contributed by atoms with Crippen LogP contribution in [-0.4, -0.2) is 50.2 Å². The SMILES string of the molecule is COC(=O)c1cccc(NC(=O)c2ccc(CN3CCOCC3)cc2)c1C. The topological polar surface area (TPSA) is 67.9 Å². The van der Waals surface area contributed by atoms with Gasteiger partial charge >= 0.3 is 5.97 Å². The Hall–Kier alpha value is -2.70. The van der Waals surface area contributed by atoms with Gasteiger partial charge in [0.15, 0.2) is 0 Å². The van der Waals surface area contributed by atoms with Crippen molar-refractivity contribution in [2.75, 3.05) is 38.7 Å². The highest BCUT2D eigenvalue weighted by Crippen LogP contribution is 2.20. The van der Waals surface area contributed by atoms with E-state index in [1.807, 2.05) is 24.3 Å². The van der Waals surface area contributed by atoms with Crippen molar-refractivity contribution in [1.29, 1.82) is 0 Å². The molecule has 3 rings (SSSR count). The lowest BCUT2D eigenvalue weighted by Gasteiger charge is -2.26. The van der Waals surface area contributed by atoms with Crippen molar-refractivity contribution < 1.29 is 19.1 Å². The zero-order chi connectivity index (χ0) is 19.2. The number of hydrogen-bond donors (Lipinski definition) is 1. The maximum atomic E-state index is 12.6. The van der Waals surface area contributed by atoms with Crippen LogP contribution < -0.4 is 5.32 Å². The molecule has 0 aliphatic carbocycles. The number of esters is 1. The molecule has 6 nitrogen and oxygen atoms in total. The van der Waals surface area contributed by atoms with Crippen LogP contribution in [-0.2, 0) is 16.0 Å². The molecule has 0 radical (unpaired) electrons. The minimum Gasteiger partial charge on any atom is -0.465 e. The summed E-state index contributed by atoms with van der Waals surface area (Å²) in [6, 6.07) is 12.8. The van der Waals surface area contributed by atoms with Gasteiger partial charge in [-0.05, 0) is 42.3 Å². The molecule has 1 saturated heterocycles. The van der Waals surface area contributed by atoms with Crippen molar-refractivity contribution in [2.24, 2.45) is 0 Å². The van der Waals surface area contributed by atoms with E-state index in [0.29, 0.717) is 22.4 Å². The Kier molecular flexibility index (Phi) is 6.21. The van der Waals surface area contributed by atoms with Crippen molar-refractivity contribution in [3.63, 3.8) is 0 Å². The van der Waals surface area contributed by atoms with Gasteiger partial charge in [0, 0.05) is 30.9 Å². The van der Waals surface area contributed by atoms with Gasteiger partial charge < -0.3 is 14.8 Å². The first kappa shape index (κ1) is 19.1. The normalized spacial score (nSPS) is 14.6. The summed E-state index contributed by atoms with van der Waals surface area (Å²) in [5.41, 5.74) is 3.46. The van der Waals surface area contributed by atoms with Gasteiger partial charge in [-0.2, -0.15) is 0 Å². The van der Waals surface area contributed by atoms with Crippen LogP contribution >= 0.6 is 0 Å². The first-order valence-electron chi connectivity index (χ1n) is 8.97. The average Bonchev–Trinajstić information content (AvgIpc) is 2.70. The van der Waals surface area contributed by atoms with Gasteiger partial charge in [0.2, 0.25) is 0 Å². The first-order valence-corrected chi connectivity index (χ1v) is 8.97. The number of methoxy groups -OCH3 is 1. The predicted molar refractivity (Wildman–Crippen MR) is 103 cm³/mol. The Morgan fingerprint density at radius 2 is 1.81 bits per heavy atom. The monoisotopic (exact) mass is 368 g/mol. The fourth-order valence-electron chi connectivity index (χ4n) is 3.08. The standard InChI is InChI=1S/C21H24N2O4/c1-15-18(21(25)26-2)4-3-5-19(15)22-20(24)17-8-6-16(7-9-17)14-23-10-12-27-13-11-23/h3-9H,10-14H2,1-2H3,(H,22,24). The Labute approximate surface area is 159 Å². The van der Waals surface area contributed by atoms with Crippen molar-refractivity contribution >= 4 is 17.6 Å². The van der Waals surface area contributed by atoms with Crippen LogP contribution in [0.1, 0.15) is 31.8 Å². The number of hydrogen-bond acceptors (Lipinski definition) is 5. The molecule has 142 valence electrons. The van der Waals surface area contributed by atoms with Gasteiger partial charge in [-0.3, -0.25) is 9.69 Å². The third kappa shape index (κ3) is 4.72. The van der Waals surface area contributed by atoms with E-state index in [1.54, 1.807) is 25.1 Å². The maximum absolute atomic E-state index is 12.6. The molecule has 27 heavy (non-hydrogen) atoms. The smallest absolute Gasteiger partial charge is 0.338 e. The number of rotatable bonds is 5. The summed E-state index contributed by atoms with van der Waals surface area (Å²) < 4.78 is 10.1. The molecule has 1 N–H and O–H groups in total. The fourth-order valence-corrected chi connectivity index (χ4v) is 3.08. The summed E-state index contributed by atoms with van der Waals surface area (Å²) in [5, 5.41) is 2.87. The lowest BCUT2D eigenvalue weighted by Crippen LogP contribution is -2.35. The molecule has 0 aromatic heterocycles. The van der Waals surface area contributed by atoms with Crippen LogP contribution in [0.15, 0.2) is 42.5 Å². The molecule has 0 spiro atoms. The van der Waals surface area contributed by atoms with Gasteiger partial charge in [-0.15, -0.1) is 0 Å². The van der Waals surface area contributed by atoms with Crippen LogP contribution in [0.4, 0.5) is 5.69 Å². The van der Waals surface area contributed by atoms with E-state index in [4.69, 9.17) is 9.47 Å². The van der Waals surface area contributed by atoms with E-state index in [0.717, 1.165) is 38.4 Å². The highest BCUT2D eigenvalue weighted by Gasteiger charge is 2.15. The summed E-state index contributed by atoms with van der Waals surface area (Å²) in [6.45, 7) is 6.03. The van der Waals surface area contributed by atoms with E-state index >= 15 is 0 Å². The van der Waals surface area contributed by atoms with Gasteiger partial charge in [0.25, 0.3) is 5.91 Å². The van der Waals surface area contributed by atoms with E-state index in [2.05, 4.69) is 10.2 Å². The predicted octanol–water partition coefficient (Wildman–Crippen LogP) is 2.87. The molecule has 1 heterocycles. The minimum absolute atomic E-state index is 0.210. The van der Waals surface area contributed by atoms with Crippen molar-refractivity contribution in [3.8, 4) is 0 Å². The van der Waals surface area contributed by atoms with Crippen LogP contribution in [0.25, 0.3) is 0 Å². The van der Waals surface area contributed by atoms with E-state index in [9.17, 15) is 9.59 Å². The fraction of sp³-hybridized carbons (Fsp3) is 0.333. The minimum atomic E-state index is -0.420. The number of carbonyl (C=O) groups excluding carboxylic acids is 2. The summed E-state index contributed by atoms with van der Waals surface area (Å²) in [4.78, 5) is 26.7. The first-order chi connectivity index (χ1) is 13.1. The number of anilines is 1. The summed E-state index contributed by atoms with van der Waals surface area (Å²) in [6.07, 6.45) is 0. The maximum Gasteiger partial charge on any atom is 0.338 e. The van der Waals surface area contributed by atoms with Crippen molar-refractivity contribution in [2.45, 2.75) is 13.5 Å². The zero-order valence-corrected chi connectivity index (χ0v) is 15.7. The molecular formula is C21H24N2O4. The molecule has 0 saturated carbocycles. The number of nitrogens with one attached hydrogen (secondary N) is 1. The van der Waals surface area contributed by atoms with Crippen LogP contribution in [0, 0.1) is 6.92 Å². The van der Waals surface area contributed by atoms with Crippen molar-refractivity contribution in [3.05, 3.63) is 64.7 Å². The van der Waals surface area contributed by atoms with Crippen LogP contribution in [0.3, 0.4) is 0 Å². The summed E-state index contributed by atoms with van der Waals surface area (Å²) in [7, 11) is 1.34. The lowest BCUT2D eigenvalue weighted by molar-refractivity contribution is 0.0342. The highest BCUT2D eigenvalue weighted by atomic mass is 16.5. The number of carbonyl (C=O) groups is 2. The van der Waals surface area contributed by atoms with Gasteiger partial charge in [-0.25, -0.2) is 4.79 Å².